The van der Waals surface area contributed by atoms with Crippen molar-refractivity contribution in [3.8, 4) is 16.3 Å². The van der Waals surface area contributed by atoms with Gasteiger partial charge in [0.2, 0.25) is 11.0 Å². The van der Waals surface area contributed by atoms with Gasteiger partial charge in [0.25, 0.3) is 5.91 Å². The topological polar surface area (TPSA) is 84.4 Å². The minimum absolute atomic E-state index is 0.0142. The van der Waals surface area contributed by atoms with E-state index in [2.05, 4.69) is 15.5 Å². The quantitative estimate of drug-likeness (QED) is 0.430. The first-order valence-corrected chi connectivity index (χ1v) is 11.6. The summed E-state index contributed by atoms with van der Waals surface area (Å²) >= 11 is 1.04. The van der Waals surface area contributed by atoms with E-state index in [1.165, 1.54) is 7.11 Å². The Morgan fingerprint density at radius 1 is 1.03 bits per heavy atom. The van der Waals surface area contributed by atoms with Gasteiger partial charge in [0.15, 0.2) is 0 Å². The lowest BCUT2D eigenvalue weighted by Crippen LogP contribution is -2.43. The number of benzene rings is 2. The fourth-order valence-corrected chi connectivity index (χ4v) is 4.60. The number of hydrogen-bond donors (Lipinski definition) is 1. The minimum atomic E-state index is -5.10. The molecule has 0 unspecified atom stereocenters. The summed E-state index contributed by atoms with van der Waals surface area (Å²) < 4.78 is 84.5. The van der Waals surface area contributed by atoms with Crippen molar-refractivity contribution >= 4 is 28.3 Å². The molecule has 0 radical (unpaired) electrons. The van der Waals surface area contributed by atoms with Gasteiger partial charge in [0.05, 0.1) is 18.2 Å². The molecule has 0 spiro atoms. The SMILES string of the molecule is COc1cccc(-c2nnc(NC(=O)[C@@H]3CCCN3C(=O)c3cc(C(F)(F)F)cc(C(F)(F)F)c3)s2)c1. The Labute approximate surface area is 210 Å². The summed E-state index contributed by atoms with van der Waals surface area (Å²) in [4.78, 5) is 26.9. The number of methoxy groups -OCH3 is 1. The van der Waals surface area contributed by atoms with Gasteiger partial charge in [-0.2, -0.15) is 26.3 Å². The molecule has 7 nitrogen and oxygen atoms in total. The normalized spacial score (nSPS) is 16.1. The van der Waals surface area contributed by atoms with E-state index in [0.717, 1.165) is 16.2 Å². The zero-order valence-electron chi connectivity index (χ0n) is 19.0. The van der Waals surface area contributed by atoms with Crippen LogP contribution in [-0.4, -0.2) is 46.6 Å². The molecule has 196 valence electrons. The van der Waals surface area contributed by atoms with E-state index in [4.69, 9.17) is 4.74 Å². The largest absolute Gasteiger partial charge is 0.497 e. The maximum atomic E-state index is 13.2. The molecule has 1 saturated heterocycles. The zero-order chi connectivity index (χ0) is 27.0. The number of nitrogens with zero attached hydrogens (tertiary/aromatic N) is 3. The van der Waals surface area contributed by atoms with Crippen LogP contribution in [0.5, 0.6) is 5.75 Å². The van der Waals surface area contributed by atoms with Crippen LogP contribution in [0.15, 0.2) is 42.5 Å². The maximum absolute atomic E-state index is 13.2. The predicted octanol–water partition coefficient (Wildman–Crippen LogP) is 5.49. The Bertz CT molecular complexity index is 1290. The summed E-state index contributed by atoms with van der Waals surface area (Å²) in [5, 5.41) is 11.0. The van der Waals surface area contributed by atoms with Crippen LogP contribution in [0.1, 0.15) is 34.3 Å². The molecular weight excluding hydrogens is 526 g/mol. The van der Waals surface area contributed by atoms with Crippen LogP contribution >= 0.6 is 11.3 Å². The molecule has 1 aliphatic heterocycles. The van der Waals surface area contributed by atoms with E-state index < -0.39 is 46.9 Å². The Morgan fingerprint density at radius 3 is 2.32 bits per heavy atom. The summed E-state index contributed by atoms with van der Waals surface area (Å²) in [6.07, 6.45) is -9.70. The molecule has 1 atom stereocenters. The number of halogens is 6. The predicted molar refractivity (Wildman–Crippen MR) is 121 cm³/mol. The van der Waals surface area contributed by atoms with Crippen LogP contribution in [0, 0.1) is 0 Å². The van der Waals surface area contributed by atoms with Crippen LogP contribution < -0.4 is 10.1 Å². The van der Waals surface area contributed by atoms with Crippen molar-refractivity contribution in [2.45, 2.75) is 31.2 Å². The van der Waals surface area contributed by atoms with Crippen molar-refractivity contribution in [1.29, 1.82) is 0 Å². The van der Waals surface area contributed by atoms with Crippen LogP contribution in [0.4, 0.5) is 31.5 Å². The molecule has 2 heterocycles. The standard InChI is InChI=1S/C23H18F6N4O3S/c1-36-16-5-2-4-12(10-16)19-31-32-21(37-19)30-18(34)17-6-3-7-33(17)20(35)13-8-14(22(24,25)26)11-15(9-13)23(27,28)29/h2,4-5,8-11,17H,3,6-7H2,1H3,(H,30,32,34)/t17-/m0/s1. The highest BCUT2D eigenvalue weighted by atomic mass is 32.1. The third-order valence-electron chi connectivity index (χ3n) is 5.62. The highest BCUT2D eigenvalue weighted by Gasteiger charge is 2.40. The molecule has 2 amide bonds. The number of alkyl halides is 6. The highest BCUT2D eigenvalue weighted by molar-refractivity contribution is 7.18. The minimum Gasteiger partial charge on any atom is -0.497 e. The average molecular weight is 544 g/mol. The first kappa shape index (κ1) is 26.4. The Hall–Kier alpha value is -3.68. The van der Waals surface area contributed by atoms with Gasteiger partial charge in [-0.25, -0.2) is 0 Å². The number of carbonyl (C=O) groups excluding carboxylic acids is 2. The Kier molecular flexibility index (Phi) is 7.13. The number of aromatic nitrogens is 2. The van der Waals surface area contributed by atoms with Gasteiger partial charge < -0.3 is 9.64 Å². The second-order valence-electron chi connectivity index (χ2n) is 8.08. The van der Waals surface area contributed by atoms with E-state index >= 15 is 0 Å². The lowest BCUT2D eigenvalue weighted by Gasteiger charge is -2.24. The first-order chi connectivity index (χ1) is 17.4. The number of anilines is 1. The lowest BCUT2D eigenvalue weighted by atomic mass is 10.0. The number of carbonyl (C=O) groups is 2. The van der Waals surface area contributed by atoms with Gasteiger partial charge in [-0.3, -0.25) is 14.9 Å². The van der Waals surface area contributed by atoms with E-state index in [0.29, 0.717) is 34.9 Å². The number of ether oxygens (including phenoxy) is 1. The summed E-state index contributed by atoms with van der Waals surface area (Å²) in [5.74, 6) is -1.20. The van der Waals surface area contributed by atoms with Crippen LogP contribution in [0.3, 0.4) is 0 Å². The third-order valence-corrected chi connectivity index (χ3v) is 6.51. The lowest BCUT2D eigenvalue weighted by molar-refractivity contribution is -0.143. The Balaban J connectivity index is 1.54. The van der Waals surface area contributed by atoms with E-state index in [-0.39, 0.29) is 24.2 Å². The zero-order valence-corrected chi connectivity index (χ0v) is 19.8. The second kappa shape index (κ2) is 10.00. The van der Waals surface area contributed by atoms with Crippen molar-refractivity contribution in [2.24, 2.45) is 0 Å². The van der Waals surface area contributed by atoms with Crippen LogP contribution in [0.2, 0.25) is 0 Å². The molecule has 1 N–H and O–H groups in total. The van der Waals surface area contributed by atoms with Gasteiger partial charge in [0.1, 0.15) is 16.8 Å². The van der Waals surface area contributed by atoms with E-state index in [1.807, 2.05) is 0 Å². The van der Waals surface area contributed by atoms with Gasteiger partial charge in [-0.05, 0) is 43.2 Å². The number of nitrogens with one attached hydrogen (secondary N) is 1. The molecule has 2 aromatic carbocycles. The number of likely N-dealkylation sites (tertiary alicyclic amines) is 1. The van der Waals surface area contributed by atoms with Crippen molar-refractivity contribution in [3.63, 3.8) is 0 Å². The second-order valence-corrected chi connectivity index (χ2v) is 9.06. The maximum Gasteiger partial charge on any atom is 0.416 e. The summed E-state index contributed by atoms with van der Waals surface area (Å²) in [5.41, 5.74) is -3.34. The molecule has 1 aromatic heterocycles. The van der Waals surface area contributed by atoms with Crippen molar-refractivity contribution in [3.05, 3.63) is 59.2 Å². The smallest absolute Gasteiger partial charge is 0.416 e. The molecule has 0 aliphatic carbocycles. The van der Waals surface area contributed by atoms with Crippen LogP contribution in [-0.2, 0) is 17.1 Å². The van der Waals surface area contributed by atoms with E-state index in [1.54, 1.807) is 24.3 Å². The summed E-state index contributed by atoms with van der Waals surface area (Å²) in [6.45, 7) is -0.0142. The highest BCUT2D eigenvalue weighted by Crippen LogP contribution is 2.37. The molecule has 0 bridgehead atoms. The molecule has 1 fully saturated rings. The summed E-state index contributed by atoms with van der Waals surface area (Å²) in [6, 6.07) is 6.51. The Morgan fingerprint density at radius 2 is 1.70 bits per heavy atom. The number of rotatable bonds is 5. The molecule has 1 aliphatic rings. The molecule has 0 saturated carbocycles. The first-order valence-electron chi connectivity index (χ1n) is 10.8. The van der Waals surface area contributed by atoms with Gasteiger partial charge in [0, 0.05) is 17.7 Å². The molecule has 4 rings (SSSR count). The van der Waals surface area contributed by atoms with Crippen molar-refractivity contribution < 1.29 is 40.7 Å². The fourth-order valence-electron chi connectivity index (χ4n) is 3.86. The molecular formula is C23H18F6N4O3S. The molecule has 37 heavy (non-hydrogen) atoms. The van der Waals surface area contributed by atoms with Crippen LogP contribution in [0.25, 0.3) is 10.6 Å². The van der Waals surface area contributed by atoms with Gasteiger partial charge in [-0.15, -0.1) is 10.2 Å². The number of hydrogen-bond acceptors (Lipinski definition) is 6. The van der Waals surface area contributed by atoms with Gasteiger partial charge in [-0.1, -0.05) is 23.5 Å². The number of amides is 2. The van der Waals surface area contributed by atoms with Gasteiger partial charge >= 0.3 is 12.4 Å². The van der Waals surface area contributed by atoms with Crippen molar-refractivity contribution in [1.82, 2.24) is 15.1 Å². The molecule has 3 aromatic rings. The fraction of sp³-hybridized carbons (Fsp3) is 0.304. The average Bonchev–Trinajstić information content (AvgIpc) is 3.52. The van der Waals surface area contributed by atoms with Crippen molar-refractivity contribution in [2.75, 3.05) is 19.0 Å². The monoisotopic (exact) mass is 544 g/mol. The molecule has 14 heteroatoms. The third kappa shape index (κ3) is 5.84. The summed E-state index contributed by atoms with van der Waals surface area (Å²) in [7, 11) is 1.50. The van der Waals surface area contributed by atoms with E-state index in [9.17, 15) is 35.9 Å².